The summed E-state index contributed by atoms with van der Waals surface area (Å²) in [7, 11) is 1.71. The van der Waals surface area contributed by atoms with Crippen LogP contribution in [0.2, 0.25) is 0 Å². The van der Waals surface area contributed by atoms with E-state index in [1.54, 1.807) is 19.3 Å². The molecule has 244 valence electrons. The molecule has 0 radical (unpaired) electrons. The van der Waals surface area contributed by atoms with Gasteiger partial charge in [-0.2, -0.15) is 0 Å². The van der Waals surface area contributed by atoms with Gasteiger partial charge >= 0.3 is 0 Å². The van der Waals surface area contributed by atoms with Gasteiger partial charge in [0.25, 0.3) is 5.56 Å². The summed E-state index contributed by atoms with van der Waals surface area (Å²) in [6.45, 7) is 17.4. The molecule has 10 heteroatoms. The Morgan fingerprint density at radius 3 is 2.64 bits per heavy atom. The molecule has 7 rings (SSSR count). The third kappa shape index (κ3) is 5.65. The van der Waals surface area contributed by atoms with Gasteiger partial charge in [0.05, 0.1) is 42.5 Å². The maximum atomic E-state index is 13.2. The Morgan fingerprint density at radius 2 is 1.94 bits per heavy atom. The topological polar surface area (TPSA) is 87.9 Å². The molecule has 0 amide bonds. The molecular formula is C37H43N7O3. The molecule has 1 aliphatic carbocycles. The molecule has 0 unspecified atom stereocenters. The smallest absolute Gasteiger partial charge is 0.274 e. The van der Waals surface area contributed by atoms with Gasteiger partial charge in [-0.15, -0.1) is 0 Å². The van der Waals surface area contributed by atoms with E-state index in [2.05, 4.69) is 50.8 Å². The summed E-state index contributed by atoms with van der Waals surface area (Å²) in [4.78, 5) is 37.2. The third-order valence-corrected chi connectivity index (χ3v) is 10.2. The van der Waals surface area contributed by atoms with Gasteiger partial charge in [-0.3, -0.25) is 14.5 Å². The number of rotatable bonds is 8. The number of aromatic nitrogens is 3. The molecule has 0 spiro atoms. The Kier molecular flexibility index (Phi) is 8.23. The molecule has 3 aromatic rings. The number of nitrogens with zero attached hydrogens (tertiary/aromatic N) is 6. The van der Waals surface area contributed by atoms with Crippen molar-refractivity contribution in [1.82, 2.24) is 23.9 Å². The van der Waals surface area contributed by atoms with Gasteiger partial charge in [0.1, 0.15) is 11.5 Å². The summed E-state index contributed by atoms with van der Waals surface area (Å²) in [6, 6.07) is 8.85. The number of piperazine rings is 1. The fourth-order valence-corrected chi connectivity index (χ4v) is 7.28. The monoisotopic (exact) mass is 633 g/mol. The van der Waals surface area contributed by atoms with Gasteiger partial charge in [0, 0.05) is 68.3 Å². The molecule has 6 heterocycles. The van der Waals surface area contributed by atoms with Crippen molar-refractivity contribution in [2.24, 2.45) is 7.05 Å². The number of fused-ring (bicyclic) bond motifs is 3. The van der Waals surface area contributed by atoms with E-state index in [9.17, 15) is 9.59 Å². The van der Waals surface area contributed by atoms with Crippen LogP contribution in [0.1, 0.15) is 49.2 Å². The highest BCUT2D eigenvalue weighted by atomic mass is 16.5. The minimum Gasteiger partial charge on any atom is -0.378 e. The molecular weight excluding hydrogens is 590 g/mol. The van der Waals surface area contributed by atoms with Crippen LogP contribution >= 0.6 is 0 Å². The van der Waals surface area contributed by atoms with Crippen molar-refractivity contribution >= 4 is 40.9 Å². The standard InChI is InChI=1S/C37H43N7O3/c1-24-19-41(31-22-47-23-31)12-13-42(24)30-10-11-36(38-18-30)39-33-16-29(20-40(5)37(33)46)25(2)32(21-45)26(3)43-14-15-44-34-9-7-6-8-28(34)17-35(44)27(43)4/h10-11,14-18,20-21,24,31H,3-4,6-9,12-13,19,22-23H2,1-2,5H3,(H,38,39)/b32-25+/t24-/m1/s1. The average molecular weight is 634 g/mol. The van der Waals surface area contributed by atoms with Gasteiger partial charge in [0.15, 0.2) is 6.29 Å². The van der Waals surface area contributed by atoms with Gasteiger partial charge < -0.3 is 29.0 Å². The van der Waals surface area contributed by atoms with Crippen LogP contribution in [0.3, 0.4) is 0 Å². The maximum absolute atomic E-state index is 13.2. The summed E-state index contributed by atoms with van der Waals surface area (Å²) >= 11 is 0. The zero-order chi connectivity index (χ0) is 32.8. The lowest BCUT2D eigenvalue weighted by molar-refractivity contribution is -0.104. The molecule has 0 saturated carbocycles. The van der Waals surface area contributed by atoms with Crippen LogP contribution in [0.4, 0.5) is 17.2 Å². The second-order valence-corrected chi connectivity index (χ2v) is 13.1. The number of allylic oxidation sites excluding steroid dienone is 2. The van der Waals surface area contributed by atoms with Crippen molar-refractivity contribution in [3.8, 4) is 0 Å². The number of hydrogen-bond acceptors (Lipinski definition) is 8. The zero-order valence-corrected chi connectivity index (χ0v) is 27.5. The van der Waals surface area contributed by atoms with Crippen LogP contribution in [-0.4, -0.2) is 75.1 Å². The van der Waals surface area contributed by atoms with Crippen LogP contribution in [0.25, 0.3) is 17.5 Å². The minimum absolute atomic E-state index is 0.194. The summed E-state index contributed by atoms with van der Waals surface area (Å²) in [5.41, 5.74) is 8.15. The molecule has 47 heavy (non-hydrogen) atoms. The molecule has 1 N–H and O–H groups in total. The van der Waals surface area contributed by atoms with Crippen molar-refractivity contribution in [1.29, 1.82) is 0 Å². The number of nitrogens with one attached hydrogen (secondary N) is 1. The molecule has 3 aliphatic heterocycles. The number of aryl methyl sites for hydroxylation is 2. The largest absolute Gasteiger partial charge is 0.378 e. The van der Waals surface area contributed by atoms with E-state index in [4.69, 9.17) is 4.74 Å². The Labute approximate surface area is 275 Å². The molecule has 4 aliphatic rings. The SMILES string of the molecule is C=C(/C(C=O)=C(\C)c1cc(Nc2ccc(N3CCN(C4COC4)C[C@H]3C)cn2)c(=O)n(C)c1)N1C=Cn2c(cc3c2CCCC3)C1=C. The van der Waals surface area contributed by atoms with Gasteiger partial charge in [-0.05, 0) is 80.5 Å². The molecule has 1 atom stereocenters. The van der Waals surface area contributed by atoms with Crippen molar-refractivity contribution < 1.29 is 9.53 Å². The van der Waals surface area contributed by atoms with E-state index in [0.29, 0.717) is 40.4 Å². The van der Waals surface area contributed by atoms with E-state index in [-0.39, 0.29) is 5.56 Å². The predicted octanol–water partition coefficient (Wildman–Crippen LogP) is 5.01. The van der Waals surface area contributed by atoms with E-state index in [0.717, 1.165) is 74.6 Å². The normalized spacial score (nSPS) is 20.3. The number of hydrogen-bond donors (Lipinski definition) is 1. The summed E-state index contributed by atoms with van der Waals surface area (Å²) in [6.07, 6.45) is 12.9. The molecule has 0 bridgehead atoms. The minimum atomic E-state index is -0.194. The molecule has 2 saturated heterocycles. The van der Waals surface area contributed by atoms with E-state index >= 15 is 0 Å². The number of ether oxygens (including phenoxy) is 1. The lowest BCUT2D eigenvalue weighted by Gasteiger charge is -2.46. The Hall–Kier alpha value is -4.67. The van der Waals surface area contributed by atoms with E-state index in [1.165, 1.54) is 28.7 Å². The van der Waals surface area contributed by atoms with Crippen molar-refractivity contribution in [3.05, 3.63) is 100 Å². The van der Waals surface area contributed by atoms with Crippen LogP contribution in [0, 0.1) is 0 Å². The lowest BCUT2D eigenvalue weighted by Crippen LogP contribution is -2.59. The Balaban J connectivity index is 1.09. The van der Waals surface area contributed by atoms with Crippen LogP contribution in [-0.2, 0) is 29.4 Å². The fraction of sp³-hybridized carbons (Fsp3) is 0.378. The summed E-state index contributed by atoms with van der Waals surface area (Å²) in [5, 5.41) is 3.22. The first kappa shape index (κ1) is 31.0. The Morgan fingerprint density at radius 1 is 1.13 bits per heavy atom. The second-order valence-electron chi connectivity index (χ2n) is 13.1. The van der Waals surface area contributed by atoms with Gasteiger partial charge in [-0.25, -0.2) is 4.98 Å². The molecule has 10 nitrogen and oxygen atoms in total. The van der Waals surface area contributed by atoms with Crippen LogP contribution in [0.15, 0.2) is 72.1 Å². The lowest BCUT2D eigenvalue weighted by atomic mass is 9.98. The fourth-order valence-electron chi connectivity index (χ4n) is 7.28. The first-order chi connectivity index (χ1) is 22.7. The molecule has 2 fully saturated rings. The quantitative estimate of drug-likeness (QED) is 0.211. The second kappa shape index (κ2) is 12.5. The van der Waals surface area contributed by atoms with Crippen molar-refractivity contribution in [2.45, 2.75) is 51.6 Å². The number of carbonyl (C=O) groups is 1. The predicted molar refractivity (Wildman–Crippen MR) is 187 cm³/mol. The van der Waals surface area contributed by atoms with Crippen molar-refractivity contribution in [3.63, 3.8) is 0 Å². The molecule has 0 aromatic carbocycles. The Bertz CT molecular complexity index is 1860. The highest BCUT2D eigenvalue weighted by molar-refractivity contribution is 5.93. The highest BCUT2D eigenvalue weighted by Crippen LogP contribution is 2.36. The van der Waals surface area contributed by atoms with Crippen LogP contribution < -0.4 is 15.8 Å². The number of anilines is 3. The number of carbonyl (C=O) groups excluding carboxylic acids is 1. The third-order valence-electron chi connectivity index (χ3n) is 10.2. The highest BCUT2D eigenvalue weighted by Gasteiger charge is 2.32. The number of aldehydes is 1. The molecule has 3 aromatic heterocycles. The van der Waals surface area contributed by atoms with Crippen LogP contribution in [0.5, 0.6) is 0 Å². The maximum Gasteiger partial charge on any atom is 0.274 e. The first-order valence-corrected chi connectivity index (χ1v) is 16.5. The first-order valence-electron chi connectivity index (χ1n) is 16.5. The van der Waals surface area contributed by atoms with Crippen molar-refractivity contribution in [2.75, 3.05) is 43.1 Å². The summed E-state index contributed by atoms with van der Waals surface area (Å²) in [5.74, 6) is 0.572. The van der Waals surface area contributed by atoms with Gasteiger partial charge in [0.2, 0.25) is 0 Å². The summed E-state index contributed by atoms with van der Waals surface area (Å²) < 4.78 is 9.12. The number of pyridine rings is 2. The van der Waals surface area contributed by atoms with E-state index < -0.39 is 0 Å². The van der Waals surface area contributed by atoms with Gasteiger partial charge in [-0.1, -0.05) is 13.2 Å². The average Bonchev–Trinajstić information content (AvgIpc) is 3.43. The zero-order valence-electron chi connectivity index (χ0n) is 27.5. The van der Waals surface area contributed by atoms with E-state index in [1.807, 2.05) is 42.6 Å².